The lowest BCUT2D eigenvalue weighted by molar-refractivity contribution is 0.267. The maximum atomic E-state index is 11.7. The van der Waals surface area contributed by atoms with E-state index in [-0.39, 0.29) is 5.24 Å². The molecular weight excluding hydrogens is 250 g/mol. The Morgan fingerprint density at radius 2 is 1.41 bits per heavy atom. The van der Waals surface area contributed by atoms with E-state index in [0.29, 0.717) is 0 Å². The van der Waals surface area contributed by atoms with Gasteiger partial charge in [-0.1, -0.05) is 48.7 Å². The van der Waals surface area contributed by atoms with Crippen molar-refractivity contribution in [3.63, 3.8) is 0 Å². The monoisotopic (exact) mass is 259 g/mol. The van der Waals surface area contributed by atoms with Gasteiger partial charge in [-0.15, -0.1) is 0 Å². The van der Waals surface area contributed by atoms with Crippen LogP contribution in [0.1, 0.15) is 0 Å². The molecular formula is C13H9NOS2. The van der Waals surface area contributed by atoms with Crippen LogP contribution in [0.15, 0.2) is 58.3 Å². The Hall–Kier alpha value is -1.39. The summed E-state index contributed by atoms with van der Waals surface area (Å²) in [4.78, 5) is 15.5. The number of thiol groups is 1. The van der Waals surface area contributed by atoms with E-state index in [1.807, 2.05) is 48.5 Å². The van der Waals surface area contributed by atoms with Crippen LogP contribution in [-0.4, -0.2) is 5.24 Å². The third kappa shape index (κ3) is 1.73. The Labute approximate surface area is 109 Å². The SMILES string of the molecule is O=C(S)N1c2ccccc2Sc2ccccc21. The molecule has 2 aromatic carbocycles. The molecule has 3 rings (SSSR count). The van der Waals surface area contributed by atoms with Crippen LogP contribution in [0, 0.1) is 0 Å². The van der Waals surface area contributed by atoms with Gasteiger partial charge < -0.3 is 0 Å². The highest BCUT2D eigenvalue weighted by molar-refractivity contribution is 8.00. The van der Waals surface area contributed by atoms with Crippen molar-refractivity contribution in [2.24, 2.45) is 0 Å². The largest absolute Gasteiger partial charge is 0.287 e. The minimum absolute atomic E-state index is 0.259. The number of amides is 1. The Balaban J connectivity index is 2.24. The number of hydrogen-bond donors (Lipinski definition) is 1. The standard InChI is InChI=1S/C13H9NOS2/c15-13(16)14-9-5-1-3-7-11(9)17-12-8-4-2-6-10(12)14/h1-8H,(H,15,16). The summed E-state index contributed by atoms with van der Waals surface area (Å²) in [5.41, 5.74) is 1.80. The molecule has 0 bridgehead atoms. The molecule has 0 spiro atoms. The molecule has 1 amide bonds. The molecule has 0 N–H and O–H groups in total. The van der Waals surface area contributed by atoms with Gasteiger partial charge in [0.2, 0.25) is 0 Å². The molecule has 0 radical (unpaired) electrons. The summed E-state index contributed by atoms with van der Waals surface area (Å²) >= 11 is 5.64. The van der Waals surface area contributed by atoms with Gasteiger partial charge in [0, 0.05) is 9.79 Å². The number of carbonyl (C=O) groups excluding carboxylic acids is 1. The van der Waals surface area contributed by atoms with Crippen molar-refractivity contribution in [1.29, 1.82) is 0 Å². The zero-order valence-electron chi connectivity index (χ0n) is 8.83. The van der Waals surface area contributed by atoms with E-state index >= 15 is 0 Å². The molecule has 1 aliphatic rings. The lowest BCUT2D eigenvalue weighted by Crippen LogP contribution is -2.22. The van der Waals surface area contributed by atoms with Crippen molar-refractivity contribution < 1.29 is 4.79 Å². The van der Waals surface area contributed by atoms with Crippen LogP contribution in [0.4, 0.5) is 16.2 Å². The Kier molecular flexibility index (Phi) is 2.61. The smallest absolute Gasteiger partial charge is 0.270 e. The van der Waals surface area contributed by atoms with Crippen LogP contribution in [0.2, 0.25) is 0 Å². The molecule has 1 aliphatic heterocycles. The number of anilines is 2. The molecule has 0 aliphatic carbocycles. The first-order valence-corrected chi connectivity index (χ1v) is 6.43. The predicted molar refractivity (Wildman–Crippen MR) is 73.5 cm³/mol. The molecule has 4 heteroatoms. The van der Waals surface area contributed by atoms with Gasteiger partial charge in [-0.05, 0) is 24.3 Å². The molecule has 0 saturated heterocycles. The fourth-order valence-electron chi connectivity index (χ4n) is 1.91. The van der Waals surface area contributed by atoms with E-state index in [9.17, 15) is 4.79 Å². The quantitative estimate of drug-likeness (QED) is 0.710. The summed E-state index contributed by atoms with van der Waals surface area (Å²) in [6.45, 7) is 0. The molecule has 0 fully saturated rings. The van der Waals surface area contributed by atoms with Crippen molar-refractivity contribution in [3.05, 3.63) is 48.5 Å². The van der Waals surface area contributed by atoms with Gasteiger partial charge in [0.05, 0.1) is 11.4 Å². The molecule has 84 valence electrons. The molecule has 2 nitrogen and oxygen atoms in total. The van der Waals surface area contributed by atoms with Crippen molar-refractivity contribution in [2.45, 2.75) is 9.79 Å². The highest BCUT2D eigenvalue weighted by Gasteiger charge is 2.25. The van der Waals surface area contributed by atoms with Gasteiger partial charge in [-0.25, -0.2) is 0 Å². The van der Waals surface area contributed by atoms with Crippen molar-refractivity contribution >= 4 is 41.0 Å². The lowest BCUT2D eigenvalue weighted by atomic mass is 10.2. The Morgan fingerprint density at radius 1 is 0.941 bits per heavy atom. The molecule has 0 atom stereocenters. The molecule has 17 heavy (non-hydrogen) atoms. The summed E-state index contributed by atoms with van der Waals surface area (Å²) < 4.78 is 0. The highest BCUT2D eigenvalue weighted by Crippen LogP contribution is 2.48. The number of benzene rings is 2. The average molecular weight is 259 g/mol. The van der Waals surface area contributed by atoms with Crippen molar-refractivity contribution in [3.8, 4) is 0 Å². The first-order chi connectivity index (χ1) is 8.27. The van der Waals surface area contributed by atoms with Gasteiger partial charge in [0.25, 0.3) is 5.24 Å². The van der Waals surface area contributed by atoms with Crippen LogP contribution in [0.3, 0.4) is 0 Å². The van der Waals surface area contributed by atoms with Crippen molar-refractivity contribution in [2.75, 3.05) is 4.90 Å². The van der Waals surface area contributed by atoms with E-state index in [1.165, 1.54) is 0 Å². The first-order valence-electron chi connectivity index (χ1n) is 5.16. The van der Waals surface area contributed by atoms with Crippen LogP contribution in [0.25, 0.3) is 0 Å². The summed E-state index contributed by atoms with van der Waals surface area (Å²) in [5.74, 6) is 0. The lowest BCUT2D eigenvalue weighted by Gasteiger charge is -2.29. The van der Waals surface area contributed by atoms with Crippen molar-refractivity contribution in [1.82, 2.24) is 0 Å². The number of hydrogen-bond acceptors (Lipinski definition) is 2. The Morgan fingerprint density at radius 3 is 1.88 bits per heavy atom. The number of fused-ring (bicyclic) bond motifs is 2. The fraction of sp³-hybridized carbons (Fsp3) is 0. The van der Waals surface area contributed by atoms with Gasteiger partial charge in [-0.2, -0.15) is 0 Å². The predicted octanol–water partition coefficient (Wildman–Crippen LogP) is 4.34. The third-order valence-corrected chi connectivity index (χ3v) is 3.95. The molecule has 0 aromatic heterocycles. The number of para-hydroxylation sites is 2. The number of carbonyl (C=O) groups is 1. The van der Waals surface area contributed by atoms with Crippen LogP contribution in [-0.2, 0) is 0 Å². The van der Waals surface area contributed by atoms with Gasteiger partial charge >= 0.3 is 0 Å². The molecule has 2 aromatic rings. The summed E-state index contributed by atoms with van der Waals surface area (Å²) in [6.07, 6.45) is 0. The fourth-order valence-corrected chi connectivity index (χ4v) is 3.18. The summed E-state index contributed by atoms with van der Waals surface area (Å²) in [6, 6.07) is 15.7. The van der Waals surface area contributed by atoms with E-state index in [0.717, 1.165) is 21.2 Å². The van der Waals surface area contributed by atoms with E-state index in [1.54, 1.807) is 16.7 Å². The normalized spacial score (nSPS) is 12.9. The molecule has 0 saturated carbocycles. The summed E-state index contributed by atoms with van der Waals surface area (Å²) in [7, 11) is 0. The number of rotatable bonds is 0. The van der Waals surface area contributed by atoms with E-state index in [4.69, 9.17) is 0 Å². The topological polar surface area (TPSA) is 20.3 Å². The first kappa shape index (κ1) is 10.7. The van der Waals surface area contributed by atoms with E-state index in [2.05, 4.69) is 12.6 Å². The minimum atomic E-state index is -0.259. The minimum Gasteiger partial charge on any atom is -0.270 e. The Bertz CT molecular complexity index is 552. The maximum Gasteiger partial charge on any atom is 0.287 e. The van der Waals surface area contributed by atoms with E-state index < -0.39 is 0 Å². The highest BCUT2D eigenvalue weighted by atomic mass is 32.2. The van der Waals surface area contributed by atoms with Crippen LogP contribution < -0.4 is 4.90 Å². The van der Waals surface area contributed by atoms with Gasteiger partial charge in [0.1, 0.15) is 0 Å². The maximum absolute atomic E-state index is 11.7. The zero-order valence-corrected chi connectivity index (χ0v) is 10.5. The third-order valence-electron chi connectivity index (χ3n) is 2.62. The second-order valence-electron chi connectivity index (χ2n) is 3.66. The molecule has 1 heterocycles. The zero-order chi connectivity index (χ0) is 11.8. The second-order valence-corrected chi connectivity index (χ2v) is 5.12. The average Bonchev–Trinajstić information content (AvgIpc) is 2.35. The van der Waals surface area contributed by atoms with Gasteiger partial charge in [-0.3, -0.25) is 9.69 Å². The second kappa shape index (κ2) is 4.13. The number of nitrogens with zero attached hydrogens (tertiary/aromatic N) is 1. The van der Waals surface area contributed by atoms with Crippen LogP contribution >= 0.6 is 24.4 Å². The van der Waals surface area contributed by atoms with Gasteiger partial charge in [0.15, 0.2) is 0 Å². The molecule has 0 unspecified atom stereocenters. The summed E-state index contributed by atoms with van der Waals surface area (Å²) in [5, 5.41) is -0.259. The van der Waals surface area contributed by atoms with Crippen LogP contribution in [0.5, 0.6) is 0 Å².